The SMILES string of the molecule is CC(C)(C)C1CCCCC1NCCCC(F)(F)F. The first-order valence-electron chi connectivity index (χ1n) is 7.00. The Hall–Kier alpha value is -0.250. The molecule has 0 aromatic heterocycles. The van der Waals surface area contributed by atoms with Crippen molar-refractivity contribution in [3.63, 3.8) is 0 Å². The maximum Gasteiger partial charge on any atom is 0.389 e. The van der Waals surface area contributed by atoms with Crippen LogP contribution < -0.4 is 5.32 Å². The van der Waals surface area contributed by atoms with Gasteiger partial charge in [0, 0.05) is 12.5 Å². The molecule has 1 aliphatic rings. The van der Waals surface area contributed by atoms with E-state index >= 15 is 0 Å². The van der Waals surface area contributed by atoms with Crippen molar-refractivity contribution in [3.05, 3.63) is 0 Å². The van der Waals surface area contributed by atoms with Crippen LogP contribution >= 0.6 is 0 Å². The Balaban J connectivity index is 2.34. The Labute approximate surface area is 109 Å². The molecule has 0 radical (unpaired) electrons. The zero-order chi connectivity index (χ0) is 13.8. The Bertz CT molecular complexity index is 242. The van der Waals surface area contributed by atoms with E-state index in [0.29, 0.717) is 18.5 Å². The van der Waals surface area contributed by atoms with Gasteiger partial charge in [-0.1, -0.05) is 33.6 Å². The summed E-state index contributed by atoms with van der Waals surface area (Å²) < 4.78 is 36.2. The fourth-order valence-electron chi connectivity index (χ4n) is 2.99. The van der Waals surface area contributed by atoms with E-state index in [1.54, 1.807) is 0 Å². The number of rotatable bonds is 4. The lowest BCUT2D eigenvalue weighted by Gasteiger charge is -2.41. The van der Waals surface area contributed by atoms with E-state index in [4.69, 9.17) is 0 Å². The quantitative estimate of drug-likeness (QED) is 0.737. The maximum absolute atomic E-state index is 12.1. The van der Waals surface area contributed by atoms with Crippen LogP contribution in [0.5, 0.6) is 0 Å². The zero-order valence-electron chi connectivity index (χ0n) is 11.7. The van der Waals surface area contributed by atoms with Gasteiger partial charge >= 0.3 is 6.18 Å². The molecule has 0 spiro atoms. The summed E-state index contributed by atoms with van der Waals surface area (Å²) in [6.45, 7) is 7.17. The Kier molecular flexibility index (Phi) is 5.50. The Morgan fingerprint density at radius 3 is 2.22 bits per heavy atom. The first-order chi connectivity index (χ1) is 8.20. The van der Waals surface area contributed by atoms with Gasteiger partial charge in [-0.25, -0.2) is 0 Å². The summed E-state index contributed by atoms with van der Waals surface area (Å²) in [5.41, 5.74) is 0.238. The summed E-state index contributed by atoms with van der Waals surface area (Å²) in [7, 11) is 0. The average molecular weight is 265 g/mol. The molecule has 18 heavy (non-hydrogen) atoms. The van der Waals surface area contributed by atoms with Gasteiger partial charge in [-0.3, -0.25) is 0 Å². The highest BCUT2D eigenvalue weighted by Gasteiger charge is 2.34. The van der Waals surface area contributed by atoms with Gasteiger partial charge in [0.2, 0.25) is 0 Å². The van der Waals surface area contributed by atoms with E-state index in [2.05, 4.69) is 26.1 Å². The normalized spacial score (nSPS) is 26.3. The molecular formula is C14H26F3N. The third-order valence-corrected chi connectivity index (χ3v) is 3.92. The van der Waals surface area contributed by atoms with Crippen molar-refractivity contribution in [3.8, 4) is 0 Å². The van der Waals surface area contributed by atoms with Gasteiger partial charge < -0.3 is 5.32 Å². The molecule has 0 saturated heterocycles. The van der Waals surface area contributed by atoms with Crippen molar-refractivity contribution < 1.29 is 13.2 Å². The highest BCUT2D eigenvalue weighted by molar-refractivity contribution is 4.88. The lowest BCUT2D eigenvalue weighted by atomic mass is 9.69. The summed E-state index contributed by atoms with van der Waals surface area (Å²) in [4.78, 5) is 0. The second-order valence-electron chi connectivity index (χ2n) is 6.54. The third kappa shape index (κ3) is 5.59. The monoisotopic (exact) mass is 265 g/mol. The standard InChI is InChI=1S/C14H26F3N/c1-13(2,3)11-7-4-5-8-12(11)18-10-6-9-14(15,16)17/h11-12,18H,4-10H2,1-3H3. The van der Waals surface area contributed by atoms with Crippen molar-refractivity contribution in [2.45, 2.75) is 71.5 Å². The topological polar surface area (TPSA) is 12.0 Å². The lowest BCUT2D eigenvalue weighted by Crippen LogP contribution is -2.44. The van der Waals surface area contributed by atoms with Crippen molar-refractivity contribution >= 4 is 0 Å². The van der Waals surface area contributed by atoms with E-state index in [0.717, 1.165) is 6.42 Å². The van der Waals surface area contributed by atoms with Crippen LogP contribution in [0.3, 0.4) is 0 Å². The molecule has 1 N–H and O–H groups in total. The van der Waals surface area contributed by atoms with E-state index in [9.17, 15) is 13.2 Å². The van der Waals surface area contributed by atoms with Crippen molar-refractivity contribution in [1.29, 1.82) is 0 Å². The van der Waals surface area contributed by atoms with Gasteiger partial charge in [0.25, 0.3) is 0 Å². The fraction of sp³-hybridized carbons (Fsp3) is 1.00. The molecular weight excluding hydrogens is 239 g/mol. The molecule has 0 aromatic rings. The molecule has 1 aliphatic carbocycles. The van der Waals surface area contributed by atoms with Crippen molar-refractivity contribution in [1.82, 2.24) is 5.32 Å². The molecule has 2 unspecified atom stereocenters. The fourth-order valence-corrected chi connectivity index (χ4v) is 2.99. The van der Waals surface area contributed by atoms with Gasteiger partial charge in [-0.15, -0.1) is 0 Å². The summed E-state index contributed by atoms with van der Waals surface area (Å²) >= 11 is 0. The van der Waals surface area contributed by atoms with Crippen molar-refractivity contribution in [2.75, 3.05) is 6.54 Å². The maximum atomic E-state index is 12.1. The second-order valence-corrected chi connectivity index (χ2v) is 6.54. The summed E-state index contributed by atoms with van der Waals surface area (Å²) in [5.74, 6) is 0.581. The van der Waals surface area contributed by atoms with Crippen LogP contribution in [-0.2, 0) is 0 Å². The first-order valence-corrected chi connectivity index (χ1v) is 7.00. The van der Waals surface area contributed by atoms with Crippen LogP contribution in [0.2, 0.25) is 0 Å². The Morgan fingerprint density at radius 1 is 1.06 bits per heavy atom. The molecule has 108 valence electrons. The highest BCUT2D eigenvalue weighted by atomic mass is 19.4. The predicted molar refractivity (Wildman–Crippen MR) is 68.5 cm³/mol. The van der Waals surface area contributed by atoms with Crippen LogP contribution in [0, 0.1) is 11.3 Å². The van der Waals surface area contributed by atoms with E-state index in [1.165, 1.54) is 19.3 Å². The van der Waals surface area contributed by atoms with Crippen LogP contribution in [-0.4, -0.2) is 18.8 Å². The van der Waals surface area contributed by atoms with Gasteiger partial charge in [0.05, 0.1) is 0 Å². The van der Waals surface area contributed by atoms with E-state index in [1.807, 2.05) is 0 Å². The summed E-state index contributed by atoms with van der Waals surface area (Å²) in [5, 5.41) is 3.35. The largest absolute Gasteiger partial charge is 0.389 e. The average Bonchev–Trinajstić information content (AvgIpc) is 2.22. The van der Waals surface area contributed by atoms with Crippen molar-refractivity contribution in [2.24, 2.45) is 11.3 Å². The molecule has 0 aromatic carbocycles. The molecule has 1 saturated carbocycles. The highest BCUT2D eigenvalue weighted by Crippen LogP contribution is 2.38. The van der Waals surface area contributed by atoms with Crippen LogP contribution in [0.4, 0.5) is 13.2 Å². The Morgan fingerprint density at radius 2 is 1.67 bits per heavy atom. The lowest BCUT2D eigenvalue weighted by molar-refractivity contribution is -0.135. The first kappa shape index (κ1) is 15.8. The number of hydrogen-bond donors (Lipinski definition) is 1. The molecule has 4 heteroatoms. The number of halogens is 3. The molecule has 1 fully saturated rings. The van der Waals surface area contributed by atoms with Gasteiger partial charge in [-0.05, 0) is 37.1 Å². The third-order valence-electron chi connectivity index (χ3n) is 3.92. The van der Waals surface area contributed by atoms with Crippen LogP contribution in [0.1, 0.15) is 59.3 Å². The van der Waals surface area contributed by atoms with Gasteiger partial charge in [-0.2, -0.15) is 13.2 Å². The number of alkyl halides is 3. The van der Waals surface area contributed by atoms with Crippen LogP contribution in [0.25, 0.3) is 0 Å². The van der Waals surface area contributed by atoms with Crippen LogP contribution in [0.15, 0.2) is 0 Å². The molecule has 2 atom stereocenters. The smallest absolute Gasteiger partial charge is 0.314 e. The summed E-state index contributed by atoms with van der Waals surface area (Å²) in [6, 6.07) is 0.395. The van der Waals surface area contributed by atoms with E-state index < -0.39 is 12.6 Å². The molecule has 0 heterocycles. The minimum absolute atomic E-state index is 0.191. The molecule has 1 nitrogen and oxygen atoms in total. The number of nitrogens with one attached hydrogen (secondary N) is 1. The minimum atomic E-state index is -4.02. The number of hydrogen-bond acceptors (Lipinski definition) is 1. The predicted octanol–water partition coefficient (Wildman–Crippen LogP) is 4.52. The van der Waals surface area contributed by atoms with E-state index in [-0.39, 0.29) is 11.8 Å². The summed E-state index contributed by atoms with van der Waals surface area (Å²) in [6.07, 6.45) is 0.252. The molecule has 0 amide bonds. The minimum Gasteiger partial charge on any atom is -0.314 e. The van der Waals surface area contributed by atoms with Gasteiger partial charge in [0.15, 0.2) is 0 Å². The molecule has 1 rings (SSSR count). The molecule has 0 aliphatic heterocycles. The van der Waals surface area contributed by atoms with Gasteiger partial charge in [0.1, 0.15) is 0 Å². The zero-order valence-corrected chi connectivity index (χ0v) is 11.7. The molecule has 0 bridgehead atoms. The second kappa shape index (κ2) is 6.27.